The molecule has 1 aromatic heterocycles. The summed E-state index contributed by atoms with van der Waals surface area (Å²) in [5.74, 6) is -0.661. The van der Waals surface area contributed by atoms with Gasteiger partial charge in [-0.15, -0.1) is 0 Å². The second kappa shape index (κ2) is 5.01. The maximum atomic E-state index is 13.2. The summed E-state index contributed by atoms with van der Waals surface area (Å²) in [7, 11) is 0. The van der Waals surface area contributed by atoms with Crippen LogP contribution in [0.4, 0.5) is 4.39 Å². The van der Waals surface area contributed by atoms with Crippen LogP contribution in [0.1, 0.15) is 15.9 Å². The Kier molecular flexibility index (Phi) is 3.44. The molecule has 0 saturated heterocycles. The Morgan fingerprint density at radius 2 is 2.12 bits per heavy atom. The fourth-order valence-corrected chi connectivity index (χ4v) is 1.51. The van der Waals surface area contributed by atoms with Gasteiger partial charge in [0.25, 0.3) is 0 Å². The van der Waals surface area contributed by atoms with Gasteiger partial charge in [0.1, 0.15) is 5.82 Å². The molecule has 0 spiro atoms. The van der Waals surface area contributed by atoms with Crippen molar-refractivity contribution in [3.8, 4) is 0 Å². The third-order valence-electron chi connectivity index (χ3n) is 2.25. The minimum Gasteiger partial charge on any atom is -0.294 e. The van der Waals surface area contributed by atoms with Crippen molar-refractivity contribution in [2.45, 2.75) is 6.42 Å². The predicted molar refractivity (Wildman–Crippen MR) is 61.5 cm³/mol. The smallest absolute Gasteiger partial charge is 0.168 e. The van der Waals surface area contributed by atoms with E-state index < -0.39 is 5.82 Å². The first kappa shape index (κ1) is 11.7. The first-order chi connectivity index (χ1) is 8.16. The number of aromatic nitrogens is 2. The Hall–Kier alpha value is -1.81. The van der Waals surface area contributed by atoms with Gasteiger partial charge in [0.05, 0.1) is 17.4 Å². The second-order valence-corrected chi connectivity index (χ2v) is 3.89. The van der Waals surface area contributed by atoms with Crippen LogP contribution in [0.15, 0.2) is 36.7 Å². The molecule has 3 nitrogen and oxygen atoms in total. The van der Waals surface area contributed by atoms with Crippen LogP contribution < -0.4 is 0 Å². The van der Waals surface area contributed by atoms with Crippen molar-refractivity contribution in [2.24, 2.45) is 0 Å². The molecule has 0 aliphatic heterocycles. The molecule has 0 N–H and O–H groups in total. The Bertz CT molecular complexity index is 545. The lowest BCUT2D eigenvalue weighted by atomic mass is 10.0. The third-order valence-corrected chi connectivity index (χ3v) is 2.56. The quantitative estimate of drug-likeness (QED) is 0.787. The van der Waals surface area contributed by atoms with Gasteiger partial charge in [-0.1, -0.05) is 17.7 Å². The van der Waals surface area contributed by atoms with Gasteiger partial charge in [0.2, 0.25) is 0 Å². The molecule has 0 aliphatic carbocycles. The van der Waals surface area contributed by atoms with Crippen LogP contribution in [-0.2, 0) is 6.42 Å². The molecule has 0 bridgehead atoms. The van der Waals surface area contributed by atoms with Crippen LogP contribution in [-0.4, -0.2) is 16.0 Å². The second-order valence-electron chi connectivity index (χ2n) is 3.48. The average molecular weight is 251 g/mol. The molecule has 2 rings (SSSR count). The zero-order chi connectivity index (χ0) is 12.3. The van der Waals surface area contributed by atoms with Crippen LogP contribution in [0, 0.1) is 5.82 Å². The van der Waals surface area contributed by atoms with Crippen molar-refractivity contribution in [1.82, 2.24) is 10.2 Å². The molecule has 1 aromatic carbocycles. The Balaban J connectivity index is 2.16. The van der Waals surface area contributed by atoms with Crippen molar-refractivity contribution >= 4 is 17.4 Å². The van der Waals surface area contributed by atoms with Gasteiger partial charge in [-0.25, -0.2) is 4.39 Å². The molecule has 0 unspecified atom stereocenters. The van der Waals surface area contributed by atoms with E-state index in [1.165, 1.54) is 24.5 Å². The highest BCUT2D eigenvalue weighted by atomic mass is 35.5. The summed E-state index contributed by atoms with van der Waals surface area (Å²) >= 11 is 5.56. The van der Waals surface area contributed by atoms with Gasteiger partial charge in [0, 0.05) is 12.0 Å². The molecule has 0 radical (unpaired) electrons. The number of carbonyl (C=O) groups excluding carboxylic acids is 1. The van der Waals surface area contributed by atoms with Gasteiger partial charge >= 0.3 is 0 Å². The molecule has 17 heavy (non-hydrogen) atoms. The highest BCUT2D eigenvalue weighted by molar-refractivity contribution is 6.30. The molecule has 2 aromatic rings. The van der Waals surface area contributed by atoms with Crippen molar-refractivity contribution in [2.75, 3.05) is 0 Å². The Labute approximate surface area is 102 Å². The lowest BCUT2D eigenvalue weighted by molar-refractivity contribution is 0.0992. The van der Waals surface area contributed by atoms with Crippen LogP contribution in [0.3, 0.4) is 0 Å². The average Bonchev–Trinajstić information content (AvgIpc) is 2.35. The van der Waals surface area contributed by atoms with E-state index in [0.29, 0.717) is 11.1 Å². The fourth-order valence-electron chi connectivity index (χ4n) is 1.39. The zero-order valence-electron chi connectivity index (χ0n) is 8.73. The Morgan fingerprint density at radius 3 is 2.76 bits per heavy atom. The number of ketones is 1. The van der Waals surface area contributed by atoms with Crippen molar-refractivity contribution in [3.05, 3.63) is 58.6 Å². The van der Waals surface area contributed by atoms with Crippen molar-refractivity contribution in [3.63, 3.8) is 0 Å². The first-order valence-electron chi connectivity index (χ1n) is 4.90. The summed E-state index contributed by atoms with van der Waals surface area (Å²) in [6, 6.07) is 5.89. The molecule has 0 fully saturated rings. The topological polar surface area (TPSA) is 42.9 Å². The van der Waals surface area contributed by atoms with Gasteiger partial charge in [-0.05, 0) is 23.8 Å². The zero-order valence-corrected chi connectivity index (χ0v) is 9.49. The van der Waals surface area contributed by atoms with Crippen LogP contribution in [0.2, 0.25) is 5.02 Å². The molecule has 0 atom stereocenters. The van der Waals surface area contributed by atoms with Gasteiger partial charge in [-0.2, -0.15) is 10.2 Å². The first-order valence-corrected chi connectivity index (χ1v) is 5.28. The highest BCUT2D eigenvalue weighted by Gasteiger charge is 2.09. The van der Waals surface area contributed by atoms with Gasteiger partial charge < -0.3 is 0 Å². The van der Waals surface area contributed by atoms with Crippen LogP contribution >= 0.6 is 11.6 Å². The predicted octanol–water partition coefficient (Wildman–Crippen LogP) is 2.69. The number of carbonyl (C=O) groups is 1. The molecular weight excluding hydrogens is 243 g/mol. The minimum atomic E-state index is -0.523. The van der Waals surface area contributed by atoms with E-state index in [9.17, 15) is 9.18 Å². The molecule has 1 heterocycles. The number of hydrogen-bond acceptors (Lipinski definition) is 3. The summed E-state index contributed by atoms with van der Waals surface area (Å²) in [5, 5.41) is 7.24. The summed E-state index contributed by atoms with van der Waals surface area (Å²) in [6.45, 7) is 0. The Morgan fingerprint density at radius 1 is 1.29 bits per heavy atom. The van der Waals surface area contributed by atoms with E-state index in [0.717, 1.165) is 0 Å². The fraction of sp³-hybridized carbons (Fsp3) is 0.0833. The van der Waals surface area contributed by atoms with Crippen molar-refractivity contribution < 1.29 is 9.18 Å². The van der Waals surface area contributed by atoms with Crippen LogP contribution in [0.5, 0.6) is 0 Å². The summed E-state index contributed by atoms with van der Waals surface area (Å²) < 4.78 is 13.2. The lowest BCUT2D eigenvalue weighted by Crippen LogP contribution is -2.04. The minimum absolute atomic E-state index is 0.0479. The van der Waals surface area contributed by atoms with Gasteiger partial charge in [0.15, 0.2) is 5.78 Å². The molecule has 0 saturated carbocycles. The van der Waals surface area contributed by atoms with E-state index in [1.807, 2.05) is 0 Å². The number of hydrogen-bond donors (Lipinski definition) is 0. The van der Waals surface area contributed by atoms with E-state index in [4.69, 9.17) is 11.6 Å². The lowest BCUT2D eigenvalue weighted by Gasteiger charge is -2.02. The number of nitrogens with zero attached hydrogens (tertiary/aromatic N) is 2. The summed E-state index contributed by atoms with van der Waals surface area (Å²) in [6.07, 6.45) is 2.93. The summed E-state index contributed by atoms with van der Waals surface area (Å²) in [4.78, 5) is 11.8. The monoisotopic (exact) mass is 250 g/mol. The number of rotatable bonds is 3. The maximum absolute atomic E-state index is 13.2. The largest absolute Gasteiger partial charge is 0.294 e. The van der Waals surface area contributed by atoms with E-state index in [1.54, 1.807) is 12.1 Å². The molecule has 0 amide bonds. The maximum Gasteiger partial charge on any atom is 0.168 e. The molecule has 86 valence electrons. The SMILES string of the molecule is O=C(Cc1ccc(Cl)c(F)c1)c1ccnnc1. The molecule has 0 aliphatic rings. The highest BCUT2D eigenvalue weighted by Crippen LogP contribution is 2.16. The summed E-state index contributed by atoms with van der Waals surface area (Å²) in [5.41, 5.74) is 1.03. The van der Waals surface area contributed by atoms with E-state index >= 15 is 0 Å². The number of Topliss-reactive ketones (excluding diaryl/α,β-unsaturated/α-hetero) is 1. The molecule has 5 heteroatoms. The van der Waals surface area contributed by atoms with E-state index in [-0.39, 0.29) is 17.2 Å². The third kappa shape index (κ3) is 2.85. The molecular formula is C12H8ClFN2O. The van der Waals surface area contributed by atoms with Crippen molar-refractivity contribution in [1.29, 1.82) is 0 Å². The van der Waals surface area contributed by atoms with Crippen LogP contribution in [0.25, 0.3) is 0 Å². The normalized spacial score (nSPS) is 10.2. The standard InChI is InChI=1S/C12H8ClFN2O/c13-10-2-1-8(5-11(10)14)6-12(17)9-3-4-15-16-7-9/h1-5,7H,6H2. The van der Waals surface area contributed by atoms with Gasteiger partial charge in [-0.3, -0.25) is 4.79 Å². The number of halogens is 2. The van der Waals surface area contributed by atoms with E-state index in [2.05, 4.69) is 10.2 Å². The number of benzene rings is 1.